The van der Waals surface area contributed by atoms with Gasteiger partial charge in [0.15, 0.2) is 0 Å². The standard InChI is InChI=1S/C25H28N2O6/c1-24(2,3)33-23(31)27-13-12-20(26)25(27,21(28)29)22(30)32-14-19-17-10-6-4-8-15(17)16-9-5-7-11-18(16)19/h4-11,19-20H,12-14,26H2,1-3H3,(H,28,29)/t20-,25-/m0/s1. The number of aliphatic carboxylic acids is 1. The summed E-state index contributed by atoms with van der Waals surface area (Å²) in [5, 5.41) is 10.1. The molecule has 0 bridgehead atoms. The number of hydrogen-bond donors (Lipinski definition) is 2. The minimum absolute atomic E-state index is 0.0213. The summed E-state index contributed by atoms with van der Waals surface area (Å²) in [5.74, 6) is -2.84. The fraction of sp³-hybridized carbons (Fsp3) is 0.400. The van der Waals surface area contributed by atoms with Crippen LogP contribution in [-0.2, 0) is 19.1 Å². The predicted octanol–water partition coefficient (Wildman–Crippen LogP) is 3.13. The Morgan fingerprint density at radius 1 is 1.06 bits per heavy atom. The van der Waals surface area contributed by atoms with Gasteiger partial charge in [-0.3, -0.25) is 4.90 Å². The molecule has 2 aromatic carbocycles. The van der Waals surface area contributed by atoms with Crippen molar-refractivity contribution >= 4 is 18.0 Å². The van der Waals surface area contributed by atoms with Crippen molar-refractivity contribution in [3.63, 3.8) is 0 Å². The van der Waals surface area contributed by atoms with Crippen molar-refractivity contribution in [2.75, 3.05) is 13.2 Å². The molecule has 0 saturated carbocycles. The molecule has 8 nitrogen and oxygen atoms in total. The summed E-state index contributed by atoms with van der Waals surface area (Å²) in [6.45, 7) is 4.90. The van der Waals surface area contributed by atoms with E-state index < -0.39 is 35.2 Å². The zero-order valence-corrected chi connectivity index (χ0v) is 18.9. The van der Waals surface area contributed by atoms with E-state index in [0.717, 1.165) is 27.2 Å². The highest BCUT2D eigenvalue weighted by Crippen LogP contribution is 2.45. The number of hydrogen-bond acceptors (Lipinski definition) is 6. The lowest BCUT2D eigenvalue weighted by Crippen LogP contribution is -2.67. The fourth-order valence-corrected chi connectivity index (χ4v) is 4.74. The first kappa shape index (κ1) is 22.8. The summed E-state index contributed by atoms with van der Waals surface area (Å²) in [4.78, 5) is 39.5. The molecule has 1 aliphatic carbocycles. The molecule has 1 aliphatic heterocycles. The van der Waals surface area contributed by atoms with Gasteiger partial charge in [-0.05, 0) is 49.4 Å². The lowest BCUT2D eigenvalue weighted by Gasteiger charge is -2.36. The van der Waals surface area contributed by atoms with Crippen LogP contribution < -0.4 is 5.73 Å². The van der Waals surface area contributed by atoms with Crippen LogP contribution in [0.4, 0.5) is 4.79 Å². The van der Waals surface area contributed by atoms with E-state index in [9.17, 15) is 19.5 Å². The molecular formula is C25H28N2O6. The number of fused-ring (bicyclic) bond motifs is 3. The summed E-state index contributed by atoms with van der Waals surface area (Å²) in [6, 6.07) is 14.5. The molecule has 1 saturated heterocycles. The maximum Gasteiger partial charge on any atom is 0.411 e. The van der Waals surface area contributed by atoms with Crippen LogP contribution in [-0.4, -0.2) is 58.4 Å². The van der Waals surface area contributed by atoms with Gasteiger partial charge in [-0.15, -0.1) is 0 Å². The molecule has 1 fully saturated rings. The average Bonchev–Trinajstić information content (AvgIpc) is 3.27. The highest BCUT2D eigenvalue weighted by atomic mass is 16.6. The second-order valence-electron chi connectivity index (χ2n) is 9.42. The maximum absolute atomic E-state index is 13.3. The van der Waals surface area contributed by atoms with Gasteiger partial charge >= 0.3 is 18.0 Å². The Hall–Kier alpha value is -3.39. The first-order valence-corrected chi connectivity index (χ1v) is 10.9. The Morgan fingerprint density at radius 3 is 2.12 bits per heavy atom. The summed E-state index contributed by atoms with van der Waals surface area (Å²) in [6.07, 6.45) is -0.776. The molecule has 2 aliphatic rings. The average molecular weight is 453 g/mol. The van der Waals surface area contributed by atoms with E-state index in [4.69, 9.17) is 15.2 Å². The summed E-state index contributed by atoms with van der Waals surface area (Å²) in [7, 11) is 0. The van der Waals surface area contributed by atoms with Gasteiger partial charge in [0.25, 0.3) is 5.54 Å². The molecule has 1 heterocycles. The number of carboxylic acids is 1. The second-order valence-corrected chi connectivity index (χ2v) is 9.42. The molecule has 0 aromatic heterocycles. The van der Waals surface area contributed by atoms with E-state index >= 15 is 0 Å². The monoisotopic (exact) mass is 452 g/mol. The van der Waals surface area contributed by atoms with Gasteiger partial charge in [-0.1, -0.05) is 48.5 Å². The summed E-state index contributed by atoms with van der Waals surface area (Å²) < 4.78 is 11.0. The molecule has 3 N–H and O–H groups in total. The van der Waals surface area contributed by atoms with Crippen LogP contribution in [0.25, 0.3) is 11.1 Å². The van der Waals surface area contributed by atoms with Crippen LogP contribution in [0.1, 0.15) is 44.2 Å². The number of likely N-dealkylation sites (tertiary alicyclic amines) is 1. The third kappa shape index (κ3) is 3.74. The van der Waals surface area contributed by atoms with Gasteiger partial charge in [0.2, 0.25) is 0 Å². The Labute approximate surface area is 192 Å². The highest BCUT2D eigenvalue weighted by Gasteiger charge is 2.63. The Balaban J connectivity index is 1.62. The van der Waals surface area contributed by atoms with Gasteiger partial charge in [0, 0.05) is 12.5 Å². The Bertz CT molecular complexity index is 1060. The minimum Gasteiger partial charge on any atom is -0.479 e. The Morgan fingerprint density at radius 2 is 1.61 bits per heavy atom. The topological polar surface area (TPSA) is 119 Å². The van der Waals surface area contributed by atoms with Crippen LogP contribution in [0.15, 0.2) is 48.5 Å². The zero-order valence-electron chi connectivity index (χ0n) is 18.9. The predicted molar refractivity (Wildman–Crippen MR) is 121 cm³/mol. The van der Waals surface area contributed by atoms with E-state index in [1.165, 1.54) is 0 Å². The van der Waals surface area contributed by atoms with Crippen LogP contribution in [0.3, 0.4) is 0 Å². The molecule has 8 heteroatoms. The van der Waals surface area contributed by atoms with Crippen LogP contribution in [0.2, 0.25) is 0 Å². The SMILES string of the molecule is CC(C)(C)OC(=O)N1CC[C@H](N)[C@]1(C(=O)O)C(=O)OCC1c2ccccc2-c2ccccc21. The van der Waals surface area contributed by atoms with Crippen LogP contribution >= 0.6 is 0 Å². The van der Waals surface area contributed by atoms with Crippen molar-refractivity contribution in [1.82, 2.24) is 4.90 Å². The first-order valence-electron chi connectivity index (χ1n) is 10.9. The smallest absolute Gasteiger partial charge is 0.411 e. The first-order chi connectivity index (χ1) is 15.6. The quantitative estimate of drug-likeness (QED) is 0.540. The number of amides is 1. The van der Waals surface area contributed by atoms with Crippen molar-refractivity contribution in [3.05, 3.63) is 59.7 Å². The summed E-state index contributed by atoms with van der Waals surface area (Å²) in [5.41, 5.74) is 6.99. The number of carbonyl (C=O) groups excluding carboxylic acids is 2. The van der Waals surface area contributed by atoms with Crippen LogP contribution in [0, 0.1) is 0 Å². The van der Waals surface area contributed by atoms with E-state index in [2.05, 4.69) is 0 Å². The molecular weight excluding hydrogens is 424 g/mol. The zero-order chi connectivity index (χ0) is 24.0. The van der Waals surface area contributed by atoms with E-state index in [0.29, 0.717) is 0 Å². The van der Waals surface area contributed by atoms with Crippen molar-refractivity contribution in [3.8, 4) is 11.1 Å². The minimum atomic E-state index is -2.35. The number of carboxylic acid groups (broad SMARTS) is 1. The molecule has 4 rings (SSSR count). The lowest BCUT2D eigenvalue weighted by atomic mass is 9.91. The van der Waals surface area contributed by atoms with E-state index in [1.54, 1.807) is 20.8 Å². The number of esters is 1. The van der Waals surface area contributed by atoms with Crippen LogP contribution in [0.5, 0.6) is 0 Å². The largest absolute Gasteiger partial charge is 0.479 e. The van der Waals surface area contributed by atoms with E-state index in [1.807, 2.05) is 48.5 Å². The molecule has 0 spiro atoms. The number of ether oxygens (including phenoxy) is 2. The van der Waals surface area contributed by atoms with Crippen molar-refractivity contribution in [1.29, 1.82) is 0 Å². The molecule has 2 atom stereocenters. The van der Waals surface area contributed by atoms with Gasteiger partial charge < -0.3 is 20.3 Å². The van der Waals surface area contributed by atoms with Gasteiger partial charge in [-0.2, -0.15) is 0 Å². The fourth-order valence-electron chi connectivity index (χ4n) is 4.74. The Kier molecular flexibility index (Phi) is 5.66. The number of nitrogens with zero attached hydrogens (tertiary/aromatic N) is 1. The molecule has 1 amide bonds. The van der Waals surface area contributed by atoms with Gasteiger partial charge in [-0.25, -0.2) is 14.4 Å². The van der Waals surface area contributed by atoms with Crippen molar-refractivity contribution < 1.29 is 29.0 Å². The van der Waals surface area contributed by atoms with Gasteiger partial charge in [0.1, 0.15) is 12.2 Å². The molecule has 174 valence electrons. The molecule has 0 unspecified atom stereocenters. The second kappa shape index (κ2) is 8.19. The third-order valence-electron chi connectivity index (χ3n) is 6.22. The highest BCUT2D eigenvalue weighted by molar-refractivity contribution is 6.08. The number of carbonyl (C=O) groups is 3. The van der Waals surface area contributed by atoms with Crippen molar-refractivity contribution in [2.45, 2.75) is 50.3 Å². The molecule has 0 radical (unpaired) electrons. The lowest BCUT2D eigenvalue weighted by molar-refractivity contribution is -0.170. The number of benzene rings is 2. The normalized spacial score (nSPS) is 21.9. The molecule has 33 heavy (non-hydrogen) atoms. The number of rotatable bonds is 4. The van der Waals surface area contributed by atoms with Crippen molar-refractivity contribution in [2.24, 2.45) is 5.73 Å². The van der Waals surface area contributed by atoms with Gasteiger partial charge in [0.05, 0.1) is 6.04 Å². The van der Waals surface area contributed by atoms with E-state index in [-0.39, 0.29) is 25.5 Å². The molecule has 2 aromatic rings. The third-order valence-corrected chi connectivity index (χ3v) is 6.22. The number of nitrogens with two attached hydrogens (primary N) is 1. The summed E-state index contributed by atoms with van der Waals surface area (Å²) >= 11 is 0. The maximum atomic E-state index is 13.3.